The molecule has 0 bridgehead atoms. The summed E-state index contributed by atoms with van der Waals surface area (Å²) in [6.07, 6.45) is 1.60. The summed E-state index contributed by atoms with van der Waals surface area (Å²) in [7, 11) is 3.27. The Balaban J connectivity index is 2.40. The van der Waals surface area contributed by atoms with E-state index in [9.17, 15) is 0 Å². The van der Waals surface area contributed by atoms with Crippen LogP contribution in [0.2, 0.25) is 0 Å². The number of hydrogen-bond acceptors (Lipinski definition) is 4. The molecule has 1 atom stereocenters. The first-order valence-electron chi connectivity index (χ1n) is 4.96. The summed E-state index contributed by atoms with van der Waals surface area (Å²) < 4.78 is 10.3. The quantitative estimate of drug-likeness (QED) is 0.687. The first-order valence-corrected chi connectivity index (χ1v) is 4.96. The van der Waals surface area contributed by atoms with E-state index >= 15 is 0 Å². The van der Waals surface area contributed by atoms with Crippen molar-refractivity contribution in [1.29, 1.82) is 0 Å². The average molecular weight is 213 g/mol. The van der Waals surface area contributed by atoms with Gasteiger partial charge in [0.2, 0.25) is 0 Å². The summed E-state index contributed by atoms with van der Waals surface area (Å²) in [4.78, 5) is 0. The van der Waals surface area contributed by atoms with Crippen LogP contribution in [-0.4, -0.2) is 36.7 Å². The number of hydrogen-bond donors (Lipinski definition) is 2. The molecule has 0 aliphatic heterocycles. The van der Waals surface area contributed by atoms with Gasteiger partial charge in [-0.1, -0.05) is 0 Å². The second kappa shape index (κ2) is 5.85. The van der Waals surface area contributed by atoms with Crippen LogP contribution in [0.4, 0.5) is 0 Å². The van der Waals surface area contributed by atoms with E-state index in [-0.39, 0.29) is 12.3 Å². The van der Waals surface area contributed by atoms with Gasteiger partial charge in [0.1, 0.15) is 0 Å². The molecular weight excluding hydrogens is 194 g/mol. The van der Waals surface area contributed by atoms with Gasteiger partial charge in [0.15, 0.2) is 6.29 Å². The van der Waals surface area contributed by atoms with E-state index in [2.05, 4.69) is 15.5 Å². The molecule has 0 aliphatic carbocycles. The number of aryl methyl sites for hydroxylation is 1. The van der Waals surface area contributed by atoms with Gasteiger partial charge in [-0.2, -0.15) is 5.10 Å². The number of nitrogens with one attached hydrogen (secondary N) is 2. The van der Waals surface area contributed by atoms with Gasteiger partial charge in [0, 0.05) is 32.0 Å². The van der Waals surface area contributed by atoms with Crippen molar-refractivity contribution >= 4 is 0 Å². The lowest BCUT2D eigenvalue weighted by Crippen LogP contribution is -2.39. The van der Waals surface area contributed by atoms with Crippen LogP contribution >= 0.6 is 0 Å². The normalized spacial score (nSPS) is 13.4. The van der Waals surface area contributed by atoms with Crippen molar-refractivity contribution in [3.63, 3.8) is 0 Å². The highest BCUT2D eigenvalue weighted by molar-refractivity contribution is 5.13. The smallest absolute Gasteiger partial charge is 0.171 e. The molecule has 5 heteroatoms. The first-order chi connectivity index (χ1) is 7.19. The maximum atomic E-state index is 5.15. The Bertz CT molecular complexity index is 284. The molecule has 2 N–H and O–H groups in total. The largest absolute Gasteiger partial charge is 0.354 e. The Kier molecular flexibility index (Phi) is 4.74. The maximum absolute atomic E-state index is 5.15. The molecule has 0 saturated heterocycles. The summed E-state index contributed by atoms with van der Waals surface area (Å²) in [6, 6.07) is 0.134. The van der Waals surface area contributed by atoms with Crippen LogP contribution < -0.4 is 5.32 Å². The molecule has 86 valence electrons. The minimum atomic E-state index is -0.225. The molecule has 0 amide bonds. The average Bonchev–Trinajstić information content (AvgIpc) is 2.63. The van der Waals surface area contributed by atoms with Gasteiger partial charge < -0.3 is 14.8 Å². The van der Waals surface area contributed by atoms with Crippen molar-refractivity contribution in [3.8, 4) is 0 Å². The highest BCUT2D eigenvalue weighted by atomic mass is 16.7. The minimum absolute atomic E-state index is 0.134. The second-order valence-corrected chi connectivity index (χ2v) is 3.53. The molecule has 1 unspecified atom stereocenters. The van der Waals surface area contributed by atoms with E-state index in [0.29, 0.717) is 0 Å². The van der Waals surface area contributed by atoms with E-state index in [1.54, 1.807) is 14.2 Å². The van der Waals surface area contributed by atoms with E-state index in [1.807, 2.05) is 20.0 Å². The Hall–Kier alpha value is -0.910. The van der Waals surface area contributed by atoms with Gasteiger partial charge in [0.25, 0.3) is 0 Å². The third kappa shape index (κ3) is 3.30. The topological polar surface area (TPSA) is 59.2 Å². The SMILES string of the molecule is COC(OC)C(C)NCc1cn[nH]c1C. The van der Waals surface area contributed by atoms with Crippen molar-refractivity contribution in [2.24, 2.45) is 0 Å². The van der Waals surface area contributed by atoms with Gasteiger partial charge in [0.05, 0.1) is 12.2 Å². The monoisotopic (exact) mass is 213 g/mol. The molecule has 1 rings (SSSR count). The molecule has 0 spiro atoms. The second-order valence-electron chi connectivity index (χ2n) is 3.53. The molecule has 5 nitrogen and oxygen atoms in total. The molecule has 0 fully saturated rings. The minimum Gasteiger partial charge on any atom is -0.354 e. The van der Waals surface area contributed by atoms with Crippen LogP contribution in [0.3, 0.4) is 0 Å². The Morgan fingerprint density at radius 1 is 1.47 bits per heavy atom. The maximum Gasteiger partial charge on any atom is 0.171 e. The Morgan fingerprint density at radius 3 is 2.60 bits per heavy atom. The molecule has 1 heterocycles. The van der Waals surface area contributed by atoms with Gasteiger partial charge >= 0.3 is 0 Å². The number of H-pyrrole nitrogens is 1. The lowest BCUT2D eigenvalue weighted by atomic mass is 10.2. The lowest BCUT2D eigenvalue weighted by molar-refractivity contribution is -0.119. The predicted octanol–water partition coefficient (Wildman–Crippen LogP) is 0.815. The molecule has 0 saturated carbocycles. The third-order valence-electron chi connectivity index (χ3n) is 2.42. The number of aromatic nitrogens is 2. The summed E-state index contributed by atoms with van der Waals surface area (Å²) in [5, 5.41) is 10.2. The van der Waals surface area contributed by atoms with E-state index < -0.39 is 0 Å². The first kappa shape index (κ1) is 12.2. The van der Waals surface area contributed by atoms with Crippen LogP contribution in [0.1, 0.15) is 18.2 Å². The fourth-order valence-electron chi connectivity index (χ4n) is 1.43. The zero-order chi connectivity index (χ0) is 11.3. The summed E-state index contributed by atoms with van der Waals surface area (Å²) >= 11 is 0. The standard InChI is InChI=1S/C10H19N3O2/c1-7-9(6-12-13-7)5-11-8(2)10(14-3)15-4/h6,8,10-11H,5H2,1-4H3,(H,12,13). The number of ether oxygens (including phenoxy) is 2. The van der Waals surface area contributed by atoms with Crippen LogP contribution in [-0.2, 0) is 16.0 Å². The van der Waals surface area contributed by atoms with Crippen LogP contribution in [0.15, 0.2) is 6.20 Å². The Labute approximate surface area is 90.2 Å². The number of rotatable bonds is 6. The number of aromatic amines is 1. The Morgan fingerprint density at radius 2 is 2.13 bits per heavy atom. The van der Waals surface area contributed by atoms with Crippen molar-refractivity contribution in [1.82, 2.24) is 15.5 Å². The van der Waals surface area contributed by atoms with E-state index in [0.717, 1.165) is 17.8 Å². The van der Waals surface area contributed by atoms with E-state index in [4.69, 9.17) is 9.47 Å². The zero-order valence-electron chi connectivity index (χ0n) is 9.70. The summed E-state index contributed by atoms with van der Waals surface area (Å²) in [6.45, 7) is 4.78. The molecule has 15 heavy (non-hydrogen) atoms. The summed E-state index contributed by atoms with van der Waals surface area (Å²) in [5.41, 5.74) is 2.24. The summed E-state index contributed by atoms with van der Waals surface area (Å²) in [5.74, 6) is 0. The van der Waals surface area contributed by atoms with Gasteiger partial charge in [-0.25, -0.2) is 0 Å². The zero-order valence-corrected chi connectivity index (χ0v) is 9.70. The molecule has 1 aromatic rings. The molecule has 0 aromatic carbocycles. The molecule has 1 aromatic heterocycles. The molecule has 0 radical (unpaired) electrons. The van der Waals surface area contributed by atoms with Gasteiger partial charge in [-0.05, 0) is 13.8 Å². The lowest BCUT2D eigenvalue weighted by Gasteiger charge is -2.22. The third-order valence-corrected chi connectivity index (χ3v) is 2.42. The van der Waals surface area contributed by atoms with Crippen molar-refractivity contribution in [2.45, 2.75) is 32.7 Å². The van der Waals surface area contributed by atoms with Gasteiger partial charge in [-0.3, -0.25) is 5.10 Å². The molecular formula is C10H19N3O2. The van der Waals surface area contributed by atoms with Crippen LogP contribution in [0, 0.1) is 6.92 Å². The van der Waals surface area contributed by atoms with Crippen molar-refractivity contribution < 1.29 is 9.47 Å². The number of methoxy groups -OCH3 is 2. The van der Waals surface area contributed by atoms with Crippen LogP contribution in [0.5, 0.6) is 0 Å². The highest BCUT2D eigenvalue weighted by Gasteiger charge is 2.15. The van der Waals surface area contributed by atoms with E-state index in [1.165, 1.54) is 0 Å². The fourth-order valence-corrected chi connectivity index (χ4v) is 1.43. The van der Waals surface area contributed by atoms with Crippen molar-refractivity contribution in [2.75, 3.05) is 14.2 Å². The molecule has 0 aliphatic rings. The fraction of sp³-hybridized carbons (Fsp3) is 0.700. The van der Waals surface area contributed by atoms with Crippen LogP contribution in [0.25, 0.3) is 0 Å². The van der Waals surface area contributed by atoms with Gasteiger partial charge in [-0.15, -0.1) is 0 Å². The predicted molar refractivity (Wildman–Crippen MR) is 57.4 cm³/mol. The number of nitrogens with zero attached hydrogens (tertiary/aromatic N) is 1. The highest BCUT2D eigenvalue weighted by Crippen LogP contribution is 2.04. The van der Waals surface area contributed by atoms with Crippen molar-refractivity contribution in [3.05, 3.63) is 17.5 Å².